The van der Waals surface area contributed by atoms with Crippen LogP contribution in [0, 0.1) is 6.92 Å². The monoisotopic (exact) mass is 290 g/mol. The lowest BCUT2D eigenvalue weighted by Crippen LogP contribution is -2.40. The van der Waals surface area contributed by atoms with Gasteiger partial charge in [-0.3, -0.25) is 4.90 Å². The van der Waals surface area contributed by atoms with E-state index < -0.39 is 0 Å². The second-order valence-electron chi connectivity index (χ2n) is 6.07. The van der Waals surface area contributed by atoms with E-state index in [1.165, 1.54) is 22.7 Å². The number of imidazole rings is 1. The van der Waals surface area contributed by atoms with E-state index in [-0.39, 0.29) is 5.41 Å². The summed E-state index contributed by atoms with van der Waals surface area (Å²) in [6, 6.07) is 0. The number of likely N-dealkylation sites (tertiary alicyclic amines) is 1. The number of rotatable bonds is 3. The Balaban J connectivity index is 1.63. The van der Waals surface area contributed by atoms with Crippen molar-refractivity contribution in [2.75, 3.05) is 13.1 Å². The van der Waals surface area contributed by atoms with Crippen LogP contribution in [0.4, 0.5) is 0 Å². The number of thiazole rings is 1. The third-order valence-electron chi connectivity index (χ3n) is 4.38. The number of hydrogen-bond donors (Lipinski definition) is 0. The lowest BCUT2D eigenvalue weighted by Gasteiger charge is -2.38. The van der Waals surface area contributed by atoms with Crippen molar-refractivity contribution in [3.8, 4) is 0 Å². The van der Waals surface area contributed by atoms with Gasteiger partial charge in [0.15, 0.2) is 0 Å². The molecule has 2 aromatic rings. The first-order chi connectivity index (χ1) is 9.57. The van der Waals surface area contributed by atoms with Crippen molar-refractivity contribution in [3.05, 3.63) is 34.3 Å². The molecule has 0 atom stereocenters. The molecule has 2 aromatic heterocycles. The van der Waals surface area contributed by atoms with Gasteiger partial charge in [-0.1, -0.05) is 6.92 Å². The fourth-order valence-corrected chi connectivity index (χ4v) is 3.77. The molecule has 0 spiro atoms. The van der Waals surface area contributed by atoms with Crippen LogP contribution in [0.15, 0.2) is 18.6 Å². The molecule has 1 fully saturated rings. The lowest BCUT2D eigenvalue weighted by atomic mass is 9.81. The van der Waals surface area contributed by atoms with Crippen molar-refractivity contribution in [2.45, 2.75) is 38.6 Å². The highest BCUT2D eigenvalue weighted by molar-refractivity contribution is 7.11. The maximum absolute atomic E-state index is 4.61. The Kier molecular flexibility index (Phi) is 3.65. The molecule has 0 bridgehead atoms. The zero-order valence-electron chi connectivity index (χ0n) is 12.5. The van der Waals surface area contributed by atoms with Crippen molar-refractivity contribution in [2.24, 2.45) is 7.05 Å². The smallest absolute Gasteiger partial charge is 0.122 e. The summed E-state index contributed by atoms with van der Waals surface area (Å²) < 4.78 is 2.11. The quantitative estimate of drug-likeness (QED) is 0.871. The Morgan fingerprint density at radius 3 is 2.60 bits per heavy atom. The topological polar surface area (TPSA) is 34.0 Å². The van der Waals surface area contributed by atoms with Gasteiger partial charge in [0.05, 0.1) is 11.6 Å². The van der Waals surface area contributed by atoms with Crippen molar-refractivity contribution >= 4 is 11.3 Å². The predicted molar refractivity (Wildman–Crippen MR) is 81.9 cm³/mol. The van der Waals surface area contributed by atoms with Crippen LogP contribution in [0.5, 0.6) is 0 Å². The van der Waals surface area contributed by atoms with E-state index in [9.17, 15) is 0 Å². The molecule has 0 aromatic carbocycles. The van der Waals surface area contributed by atoms with Gasteiger partial charge in [-0.05, 0) is 32.9 Å². The zero-order chi connectivity index (χ0) is 14.2. The Hall–Kier alpha value is -1.20. The van der Waals surface area contributed by atoms with Gasteiger partial charge >= 0.3 is 0 Å². The fraction of sp³-hybridized carbons (Fsp3) is 0.600. The Morgan fingerprint density at radius 2 is 2.05 bits per heavy atom. The summed E-state index contributed by atoms with van der Waals surface area (Å²) in [6.45, 7) is 7.71. The first kappa shape index (κ1) is 13.8. The van der Waals surface area contributed by atoms with Gasteiger partial charge in [-0.2, -0.15) is 0 Å². The molecule has 1 aliphatic rings. The van der Waals surface area contributed by atoms with E-state index in [0.717, 1.165) is 25.5 Å². The summed E-state index contributed by atoms with van der Waals surface area (Å²) in [4.78, 5) is 12.8. The summed E-state index contributed by atoms with van der Waals surface area (Å²) in [7, 11) is 2.06. The average molecular weight is 290 g/mol. The molecule has 1 aliphatic heterocycles. The van der Waals surface area contributed by atoms with E-state index in [4.69, 9.17) is 0 Å². The van der Waals surface area contributed by atoms with E-state index in [2.05, 4.69) is 40.3 Å². The van der Waals surface area contributed by atoms with Gasteiger partial charge in [0.25, 0.3) is 0 Å². The molecule has 108 valence electrons. The summed E-state index contributed by atoms with van der Waals surface area (Å²) in [5, 5.41) is 1.31. The maximum Gasteiger partial charge on any atom is 0.122 e. The minimum absolute atomic E-state index is 0.261. The maximum atomic E-state index is 4.61. The molecular weight excluding hydrogens is 268 g/mol. The van der Waals surface area contributed by atoms with Crippen LogP contribution >= 0.6 is 11.3 Å². The molecule has 20 heavy (non-hydrogen) atoms. The standard InChI is InChI=1S/C15H22N4S/c1-12-10-17-14(20-12)15(2)4-7-19(8-5-15)11-13-16-6-9-18(13)3/h6,9-10H,4-5,7-8,11H2,1-3H3. The average Bonchev–Trinajstić information content (AvgIpc) is 3.03. The summed E-state index contributed by atoms with van der Waals surface area (Å²) in [5.41, 5.74) is 0.261. The molecule has 0 aliphatic carbocycles. The zero-order valence-corrected chi connectivity index (χ0v) is 13.3. The summed E-state index contributed by atoms with van der Waals surface area (Å²) >= 11 is 1.86. The molecular formula is C15H22N4S. The van der Waals surface area contributed by atoms with Crippen molar-refractivity contribution in [3.63, 3.8) is 0 Å². The van der Waals surface area contributed by atoms with E-state index in [1.54, 1.807) is 0 Å². The van der Waals surface area contributed by atoms with E-state index in [1.807, 2.05) is 29.9 Å². The van der Waals surface area contributed by atoms with Crippen LogP contribution in [0.2, 0.25) is 0 Å². The van der Waals surface area contributed by atoms with Crippen LogP contribution in [0.25, 0.3) is 0 Å². The lowest BCUT2D eigenvalue weighted by molar-refractivity contribution is 0.157. The highest BCUT2D eigenvalue weighted by Gasteiger charge is 2.34. The van der Waals surface area contributed by atoms with Gasteiger partial charge in [0.1, 0.15) is 5.82 Å². The molecule has 4 nitrogen and oxygen atoms in total. The Morgan fingerprint density at radius 1 is 1.30 bits per heavy atom. The molecule has 0 N–H and O–H groups in total. The molecule has 3 heterocycles. The molecule has 5 heteroatoms. The molecule has 1 saturated heterocycles. The second kappa shape index (κ2) is 5.30. The van der Waals surface area contributed by atoms with Crippen molar-refractivity contribution in [1.29, 1.82) is 0 Å². The third-order valence-corrected chi connectivity index (χ3v) is 5.60. The molecule has 0 saturated carbocycles. The van der Waals surface area contributed by atoms with Crippen molar-refractivity contribution in [1.82, 2.24) is 19.4 Å². The van der Waals surface area contributed by atoms with Gasteiger partial charge in [0, 0.05) is 35.9 Å². The van der Waals surface area contributed by atoms with Crippen LogP contribution in [0.3, 0.4) is 0 Å². The van der Waals surface area contributed by atoms with Gasteiger partial charge < -0.3 is 4.57 Å². The largest absolute Gasteiger partial charge is 0.337 e. The van der Waals surface area contributed by atoms with Gasteiger partial charge in [-0.15, -0.1) is 11.3 Å². The number of piperidine rings is 1. The van der Waals surface area contributed by atoms with Crippen LogP contribution < -0.4 is 0 Å². The third kappa shape index (κ3) is 2.65. The number of nitrogens with zero attached hydrogens (tertiary/aromatic N) is 4. The van der Waals surface area contributed by atoms with E-state index in [0.29, 0.717) is 0 Å². The molecule has 3 rings (SSSR count). The number of aromatic nitrogens is 3. The van der Waals surface area contributed by atoms with Crippen LogP contribution in [0.1, 0.15) is 35.5 Å². The molecule has 0 radical (unpaired) electrons. The number of hydrogen-bond acceptors (Lipinski definition) is 4. The van der Waals surface area contributed by atoms with Gasteiger partial charge in [0.2, 0.25) is 0 Å². The summed E-state index contributed by atoms with van der Waals surface area (Å²) in [5.74, 6) is 1.15. The fourth-order valence-electron chi connectivity index (χ4n) is 2.80. The highest BCUT2D eigenvalue weighted by Crippen LogP contribution is 2.37. The first-order valence-electron chi connectivity index (χ1n) is 7.18. The SMILES string of the molecule is Cc1cnc(C2(C)CCN(Cc3nccn3C)CC2)s1. The van der Waals surface area contributed by atoms with Crippen LogP contribution in [-0.4, -0.2) is 32.5 Å². The predicted octanol–water partition coefficient (Wildman–Crippen LogP) is 2.74. The van der Waals surface area contributed by atoms with Gasteiger partial charge in [-0.25, -0.2) is 9.97 Å². The molecule has 0 unspecified atom stereocenters. The number of aryl methyl sites for hydroxylation is 2. The summed E-state index contributed by atoms with van der Waals surface area (Å²) in [6.07, 6.45) is 8.27. The van der Waals surface area contributed by atoms with Crippen molar-refractivity contribution < 1.29 is 0 Å². The minimum atomic E-state index is 0.261. The highest BCUT2D eigenvalue weighted by atomic mass is 32.1. The van der Waals surface area contributed by atoms with Crippen LogP contribution in [-0.2, 0) is 19.0 Å². The Labute approximate surface area is 124 Å². The molecule has 0 amide bonds. The Bertz CT molecular complexity index is 578. The first-order valence-corrected chi connectivity index (χ1v) is 8.00. The normalized spacial score (nSPS) is 19.4. The minimum Gasteiger partial charge on any atom is -0.337 e. The van der Waals surface area contributed by atoms with E-state index >= 15 is 0 Å². The second-order valence-corrected chi connectivity index (χ2v) is 7.30.